The molecule has 1 aliphatic carbocycles. The first-order valence-corrected chi connectivity index (χ1v) is 5.48. The van der Waals surface area contributed by atoms with Gasteiger partial charge in [0.1, 0.15) is 5.69 Å². The van der Waals surface area contributed by atoms with Crippen molar-refractivity contribution in [1.29, 1.82) is 0 Å². The Morgan fingerprint density at radius 3 is 2.50 bits per heavy atom. The van der Waals surface area contributed by atoms with Crippen LogP contribution in [0.4, 0.5) is 0 Å². The molecule has 18 heavy (non-hydrogen) atoms. The molecule has 1 heterocycles. The van der Waals surface area contributed by atoms with E-state index in [1.165, 1.54) is 0 Å². The van der Waals surface area contributed by atoms with E-state index in [1.807, 2.05) is 12.1 Å². The molecule has 1 aliphatic rings. The quantitative estimate of drug-likeness (QED) is 0.317. The molecule has 0 atom stereocenters. The number of hydrogen-bond acceptors (Lipinski definition) is 2. The van der Waals surface area contributed by atoms with Crippen LogP contribution in [0.5, 0.6) is 0 Å². The van der Waals surface area contributed by atoms with Gasteiger partial charge in [0, 0.05) is 6.20 Å². The van der Waals surface area contributed by atoms with Gasteiger partial charge in [0.2, 0.25) is 0 Å². The van der Waals surface area contributed by atoms with E-state index in [-0.39, 0.29) is 30.6 Å². The van der Waals surface area contributed by atoms with Crippen molar-refractivity contribution >= 4 is 12.0 Å². The second kappa shape index (κ2) is 8.85. The predicted molar refractivity (Wildman–Crippen MR) is 68.5 cm³/mol. The fourth-order valence-corrected chi connectivity index (χ4v) is 1.27. The molecule has 0 aromatic carbocycles. The molecule has 1 aromatic heterocycles. The van der Waals surface area contributed by atoms with Crippen molar-refractivity contribution in [2.45, 2.75) is 19.8 Å². The Balaban J connectivity index is 0.000000421. The smallest absolute Gasteiger partial charge is 0.911 e. The average molecular weight is 234 g/mol. The zero-order valence-corrected chi connectivity index (χ0v) is 10.8. The van der Waals surface area contributed by atoms with Crippen LogP contribution in [0.2, 0.25) is 0 Å². The van der Waals surface area contributed by atoms with Crippen LogP contribution in [-0.4, -0.2) is 17.0 Å². The number of hydrogen-bond donors (Lipinski definition) is 0. The van der Waals surface area contributed by atoms with Gasteiger partial charge in [-0.1, -0.05) is 13.0 Å². The Bertz CT molecular complexity index is 400. The molecule has 0 spiro atoms. The molecule has 2 rings (SSSR count). The maximum absolute atomic E-state index is 11.5. The Morgan fingerprint density at radius 1 is 1.56 bits per heavy atom. The Kier molecular flexibility index (Phi) is 8.27. The zero-order valence-electron chi connectivity index (χ0n) is 10.8. The van der Waals surface area contributed by atoms with Crippen LogP contribution in [0.1, 0.15) is 30.3 Å². The molecule has 0 bridgehead atoms. The van der Waals surface area contributed by atoms with Gasteiger partial charge in [0.15, 0.2) is 5.78 Å². The van der Waals surface area contributed by atoms with Crippen LogP contribution in [0.25, 0.3) is 5.41 Å². The Morgan fingerprint density at radius 2 is 2.17 bits per heavy atom. The summed E-state index contributed by atoms with van der Waals surface area (Å²) < 4.78 is 0. The third-order valence-corrected chi connectivity index (χ3v) is 2.39. The number of pyridine rings is 1. The molecule has 0 N–H and O–H groups in total. The Hall–Kier alpha value is -1.17. The van der Waals surface area contributed by atoms with E-state index >= 15 is 0 Å². The number of nitrogens with zero attached hydrogens (tertiary/aromatic N) is 2. The number of ketones is 1. The topological polar surface area (TPSA) is 52.3 Å². The normalized spacial score (nSPS) is 13.2. The molecule has 3 nitrogen and oxygen atoms in total. The summed E-state index contributed by atoms with van der Waals surface area (Å²) in [5.74, 6) is 0.401. The molecular formula is C14H15LiN2O-2. The summed E-state index contributed by atoms with van der Waals surface area (Å²) in [6.07, 6.45) is 6.51. The monoisotopic (exact) mass is 234 g/mol. The van der Waals surface area contributed by atoms with E-state index in [4.69, 9.17) is 12.0 Å². The number of Topliss-reactive ketones (excluding diaryl/α,β-unsaturated/α-hetero) is 1. The second-order valence-electron chi connectivity index (χ2n) is 3.91. The third-order valence-electron chi connectivity index (χ3n) is 2.39. The molecule has 1 fully saturated rings. The maximum Gasteiger partial charge on any atom is 1.00 e. The fourth-order valence-electron chi connectivity index (χ4n) is 1.27. The molecule has 4 heteroatoms. The standard InChI is InChI=1S/C10H10NO.C4H5N.Li/c12-10(8-4-3-5-8)9-6-1-2-7-11-9;1-4(2)3-5;/h1-3,6-8H,4-5H2;1,3H,2H3;/q-1;-2;+1. The van der Waals surface area contributed by atoms with Gasteiger partial charge < -0.3 is 18.0 Å². The zero-order chi connectivity index (χ0) is 12.7. The van der Waals surface area contributed by atoms with Gasteiger partial charge in [-0.25, -0.2) is 0 Å². The predicted octanol–water partition coefficient (Wildman–Crippen LogP) is -0.112. The molecule has 0 aliphatic heterocycles. The van der Waals surface area contributed by atoms with E-state index in [9.17, 15) is 4.79 Å². The minimum absolute atomic E-state index is 0. The van der Waals surface area contributed by atoms with Crippen LogP contribution in [0.15, 0.2) is 30.0 Å². The van der Waals surface area contributed by atoms with Crippen LogP contribution in [-0.2, 0) is 0 Å². The van der Waals surface area contributed by atoms with Crippen molar-refractivity contribution in [3.63, 3.8) is 0 Å². The SMILES string of the molecule is O=C(c1ccccn1)C1C[CH-]C1.[CH-]=C(C)C=[N-].[Li+]. The van der Waals surface area contributed by atoms with Gasteiger partial charge in [-0.15, -0.1) is 0 Å². The van der Waals surface area contributed by atoms with Crippen LogP contribution >= 0.6 is 0 Å². The summed E-state index contributed by atoms with van der Waals surface area (Å²) in [6.45, 7) is 6.51. The van der Waals surface area contributed by atoms with Gasteiger partial charge in [-0.05, 0) is 18.1 Å². The molecule has 0 radical (unpaired) electrons. The van der Waals surface area contributed by atoms with Crippen molar-refractivity contribution < 1.29 is 23.7 Å². The van der Waals surface area contributed by atoms with Crippen molar-refractivity contribution in [3.05, 3.63) is 54.1 Å². The number of rotatable bonds is 3. The van der Waals surface area contributed by atoms with Gasteiger partial charge in [-0.2, -0.15) is 12.8 Å². The molecular weight excluding hydrogens is 219 g/mol. The molecule has 0 saturated heterocycles. The van der Waals surface area contributed by atoms with Gasteiger partial charge in [0.05, 0.1) is 0 Å². The minimum atomic E-state index is 0. The van der Waals surface area contributed by atoms with Crippen LogP contribution in [0.3, 0.4) is 0 Å². The summed E-state index contributed by atoms with van der Waals surface area (Å²) in [7, 11) is 0. The fraction of sp³-hybridized carbons (Fsp3) is 0.286. The number of carbonyl (C=O) groups is 1. The summed E-state index contributed by atoms with van der Waals surface area (Å²) >= 11 is 0. The first-order chi connectivity index (χ1) is 8.15. The van der Waals surface area contributed by atoms with Gasteiger partial charge in [-0.3, -0.25) is 21.9 Å². The summed E-state index contributed by atoms with van der Waals surface area (Å²) in [6, 6.07) is 5.45. The summed E-state index contributed by atoms with van der Waals surface area (Å²) in [5.41, 5.74) is 1.04. The van der Waals surface area contributed by atoms with Crippen molar-refractivity contribution in [2.75, 3.05) is 0 Å². The molecule has 1 saturated carbocycles. The molecule has 1 aromatic rings. The molecule has 0 amide bonds. The summed E-state index contributed by atoms with van der Waals surface area (Å²) in [4.78, 5) is 15.6. The summed E-state index contributed by atoms with van der Waals surface area (Å²) in [5, 5.41) is 7.86. The molecule has 0 unspecified atom stereocenters. The number of aromatic nitrogens is 1. The van der Waals surface area contributed by atoms with Gasteiger partial charge >= 0.3 is 18.9 Å². The van der Waals surface area contributed by atoms with E-state index < -0.39 is 0 Å². The Labute approximate surface area is 120 Å². The van der Waals surface area contributed by atoms with Gasteiger partial charge in [0.25, 0.3) is 0 Å². The van der Waals surface area contributed by atoms with Crippen LogP contribution < -0.4 is 18.9 Å². The van der Waals surface area contributed by atoms with Crippen molar-refractivity contribution in [3.8, 4) is 0 Å². The largest absolute Gasteiger partial charge is 1.00 e. The van der Waals surface area contributed by atoms with Crippen LogP contribution in [0, 0.1) is 18.9 Å². The molecule has 90 valence electrons. The maximum atomic E-state index is 11.5. The van der Waals surface area contributed by atoms with E-state index in [0.717, 1.165) is 19.1 Å². The number of allylic oxidation sites excluding steroid dienone is 1. The third kappa shape index (κ3) is 5.44. The first kappa shape index (κ1) is 16.8. The van der Waals surface area contributed by atoms with E-state index in [0.29, 0.717) is 11.3 Å². The first-order valence-electron chi connectivity index (χ1n) is 5.48. The second-order valence-corrected chi connectivity index (χ2v) is 3.91. The van der Waals surface area contributed by atoms with E-state index in [2.05, 4.69) is 11.4 Å². The van der Waals surface area contributed by atoms with E-state index in [1.54, 1.807) is 19.2 Å². The average Bonchev–Trinajstić information content (AvgIpc) is 2.28. The van der Waals surface area contributed by atoms with Crippen molar-refractivity contribution in [1.82, 2.24) is 4.98 Å². The number of carbonyl (C=O) groups excluding carboxylic acids is 1. The minimum Gasteiger partial charge on any atom is -0.911 e. The van der Waals surface area contributed by atoms with Crippen molar-refractivity contribution in [2.24, 2.45) is 5.92 Å².